The summed E-state index contributed by atoms with van der Waals surface area (Å²) in [5, 5.41) is 3.63. The molecule has 0 amide bonds. The molecule has 0 saturated carbocycles. The SMILES string of the molecule is CC(C1CCCN1)N1CCCC1(C)C. The Morgan fingerprint density at radius 3 is 2.64 bits per heavy atom. The number of hydrogen-bond donors (Lipinski definition) is 1. The normalized spacial score (nSPS) is 34.9. The van der Waals surface area contributed by atoms with Crippen molar-refractivity contribution in [2.75, 3.05) is 13.1 Å². The highest BCUT2D eigenvalue weighted by molar-refractivity contribution is 4.95. The molecule has 0 spiro atoms. The summed E-state index contributed by atoms with van der Waals surface area (Å²) >= 11 is 0. The van der Waals surface area contributed by atoms with Crippen molar-refractivity contribution in [2.45, 2.75) is 64.1 Å². The van der Waals surface area contributed by atoms with Crippen molar-refractivity contribution in [1.29, 1.82) is 0 Å². The first kappa shape index (κ1) is 10.4. The Hall–Kier alpha value is -0.0800. The van der Waals surface area contributed by atoms with E-state index in [0.29, 0.717) is 5.54 Å². The number of likely N-dealkylation sites (tertiary alicyclic amines) is 1. The molecule has 2 fully saturated rings. The van der Waals surface area contributed by atoms with Gasteiger partial charge in [-0.1, -0.05) is 0 Å². The lowest BCUT2D eigenvalue weighted by Crippen LogP contribution is -2.51. The van der Waals surface area contributed by atoms with Crippen molar-refractivity contribution in [1.82, 2.24) is 10.2 Å². The maximum Gasteiger partial charge on any atom is 0.0226 e. The van der Waals surface area contributed by atoms with Gasteiger partial charge in [-0.05, 0) is 59.5 Å². The molecule has 0 bridgehead atoms. The van der Waals surface area contributed by atoms with E-state index in [4.69, 9.17) is 0 Å². The van der Waals surface area contributed by atoms with Crippen molar-refractivity contribution in [3.63, 3.8) is 0 Å². The van der Waals surface area contributed by atoms with Gasteiger partial charge in [0.1, 0.15) is 0 Å². The zero-order chi connectivity index (χ0) is 10.2. The fraction of sp³-hybridized carbons (Fsp3) is 1.00. The van der Waals surface area contributed by atoms with Gasteiger partial charge in [0, 0.05) is 17.6 Å². The third-order valence-corrected chi connectivity index (χ3v) is 4.14. The Balaban J connectivity index is 1.99. The molecule has 0 aromatic heterocycles. The zero-order valence-electron chi connectivity index (χ0n) is 9.84. The van der Waals surface area contributed by atoms with E-state index in [-0.39, 0.29) is 0 Å². The summed E-state index contributed by atoms with van der Waals surface area (Å²) in [4.78, 5) is 2.70. The summed E-state index contributed by atoms with van der Waals surface area (Å²) in [5.74, 6) is 0. The van der Waals surface area contributed by atoms with E-state index >= 15 is 0 Å². The Bertz CT molecular complexity index is 194. The van der Waals surface area contributed by atoms with Crippen LogP contribution in [0, 0.1) is 0 Å². The molecule has 2 rings (SSSR count). The van der Waals surface area contributed by atoms with Crippen LogP contribution in [0.2, 0.25) is 0 Å². The fourth-order valence-electron chi connectivity index (χ4n) is 3.22. The molecular formula is C12H24N2. The molecule has 0 radical (unpaired) electrons. The Labute approximate surface area is 88.1 Å². The van der Waals surface area contributed by atoms with Crippen LogP contribution in [-0.2, 0) is 0 Å². The molecule has 0 aromatic carbocycles. The molecule has 0 aromatic rings. The standard InChI is InChI=1S/C12H24N2/c1-10(11-6-4-8-13-11)14-9-5-7-12(14,2)3/h10-11,13H,4-9H2,1-3H3. The van der Waals surface area contributed by atoms with Gasteiger partial charge in [0.15, 0.2) is 0 Å². The summed E-state index contributed by atoms with van der Waals surface area (Å²) in [7, 11) is 0. The Morgan fingerprint density at radius 2 is 2.14 bits per heavy atom. The molecular weight excluding hydrogens is 172 g/mol. The minimum Gasteiger partial charge on any atom is -0.312 e. The lowest BCUT2D eigenvalue weighted by atomic mass is 9.98. The molecule has 2 heterocycles. The molecule has 2 aliphatic heterocycles. The third kappa shape index (κ3) is 1.82. The molecule has 2 nitrogen and oxygen atoms in total. The van der Waals surface area contributed by atoms with Crippen LogP contribution in [0.25, 0.3) is 0 Å². The van der Waals surface area contributed by atoms with Gasteiger partial charge in [-0.3, -0.25) is 4.90 Å². The maximum atomic E-state index is 3.63. The third-order valence-electron chi connectivity index (χ3n) is 4.14. The van der Waals surface area contributed by atoms with Crippen molar-refractivity contribution in [2.24, 2.45) is 0 Å². The Morgan fingerprint density at radius 1 is 1.36 bits per heavy atom. The van der Waals surface area contributed by atoms with Gasteiger partial charge in [-0.15, -0.1) is 0 Å². The molecule has 0 aliphatic carbocycles. The molecule has 2 unspecified atom stereocenters. The average Bonchev–Trinajstić information content (AvgIpc) is 2.71. The molecule has 2 aliphatic rings. The largest absolute Gasteiger partial charge is 0.312 e. The second-order valence-corrected chi connectivity index (χ2v) is 5.55. The number of nitrogens with zero attached hydrogens (tertiary/aromatic N) is 1. The Kier molecular flexibility index (Phi) is 2.85. The molecule has 82 valence electrons. The van der Waals surface area contributed by atoms with Crippen molar-refractivity contribution < 1.29 is 0 Å². The van der Waals surface area contributed by atoms with Crippen LogP contribution in [0.3, 0.4) is 0 Å². The number of rotatable bonds is 2. The van der Waals surface area contributed by atoms with Crippen LogP contribution >= 0.6 is 0 Å². The van der Waals surface area contributed by atoms with Crippen molar-refractivity contribution >= 4 is 0 Å². The van der Waals surface area contributed by atoms with Crippen LogP contribution in [0.5, 0.6) is 0 Å². The van der Waals surface area contributed by atoms with Crippen molar-refractivity contribution in [3.05, 3.63) is 0 Å². The number of nitrogens with one attached hydrogen (secondary N) is 1. The first-order valence-corrected chi connectivity index (χ1v) is 6.11. The quantitative estimate of drug-likeness (QED) is 0.726. The summed E-state index contributed by atoms with van der Waals surface area (Å²) in [6.45, 7) is 9.71. The van der Waals surface area contributed by atoms with Crippen LogP contribution in [-0.4, -0.2) is 35.6 Å². The lowest BCUT2D eigenvalue weighted by molar-refractivity contribution is 0.104. The first-order chi connectivity index (χ1) is 6.61. The molecule has 1 N–H and O–H groups in total. The summed E-state index contributed by atoms with van der Waals surface area (Å²) < 4.78 is 0. The predicted octanol–water partition coefficient (Wildman–Crippen LogP) is 2.00. The molecule has 2 heteroatoms. The second kappa shape index (κ2) is 3.82. The van der Waals surface area contributed by atoms with Crippen LogP contribution in [0.15, 0.2) is 0 Å². The topological polar surface area (TPSA) is 15.3 Å². The van der Waals surface area contributed by atoms with Crippen LogP contribution in [0.1, 0.15) is 46.5 Å². The summed E-state index contributed by atoms with van der Waals surface area (Å²) in [6, 6.07) is 1.46. The zero-order valence-corrected chi connectivity index (χ0v) is 9.84. The minimum absolute atomic E-state index is 0.434. The fourth-order valence-corrected chi connectivity index (χ4v) is 3.22. The highest BCUT2D eigenvalue weighted by Gasteiger charge is 2.38. The van der Waals surface area contributed by atoms with Gasteiger partial charge in [-0.25, -0.2) is 0 Å². The predicted molar refractivity (Wildman–Crippen MR) is 60.5 cm³/mol. The average molecular weight is 196 g/mol. The van der Waals surface area contributed by atoms with Gasteiger partial charge in [-0.2, -0.15) is 0 Å². The van der Waals surface area contributed by atoms with E-state index in [0.717, 1.165) is 12.1 Å². The second-order valence-electron chi connectivity index (χ2n) is 5.55. The van der Waals surface area contributed by atoms with Crippen molar-refractivity contribution in [3.8, 4) is 0 Å². The number of hydrogen-bond acceptors (Lipinski definition) is 2. The van der Waals surface area contributed by atoms with Gasteiger partial charge in [0.2, 0.25) is 0 Å². The maximum absolute atomic E-state index is 3.63. The summed E-state index contributed by atoms with van der Waals surface area (Å²) in [6.07, 6.45) is 5.48. The smallest absolute Gasteiger partial charge is 0.0226 e. The van der Waals surface area contributed by atoms with Gasteiger partial charge < -0.3 is 5.32 Å². The molecule has 2 saturated heterocycles. The summed E-state index contributed by atoms with van der Waals surface area (Å²) in [5.41, 5.74) is 0.434. The van der Waals surface area contributed by atoms with E-state index in [2.05, 4.69) is 31.0 Å². The highest BCUT2D eigenvalue weighted by Crippen LogP contribution is 2.32. The molecule has 14 heavy (non-hydrogen) atoms. The van der Waals surface area contributed by atoms with E-state index in [1.807, 2.05) is 0 Å². The van der Waals surface area contributed by atoms with E-state index in [1.54, 1.807) is 0 Å². The van der Waals surface area contributed by atoms with E-state index in [9.17, 15) is 0 Å². The van der Waals surface area contributed by atoms with E-state index < -0.39 is 0 Å². The van der Waals surface area contributed by atoms with Crippen LogP contribution < -0.4 is 5.32 Å². The van der Waals surface area contributed by atoms with Gasteiger partial charge in [0.25, 0.3) is 0 Å². The molecule has 2 atom stereocenters. The van der Waals surface area contributed by atoms with Crippen LogP contribution in [0.4, 0.5) is 0 Å². The minimum atomic E-state index is 0.434. The lowest BCUT2D eigenvalue weighted by Gasteiger charge is -2.39. The highest BCUT2D eigenvalue weighted by atomic mass is 15.3. The van der Waals surface area contributed by atoms with Gasteiger partial charge in [0.05, 0.1) is 0 Å². The van der Waals surface area contributed by atoms with E-state index in [1.165, 1.54) is 38.8 Å². The van der Waals surface area contributed by atoms with Gasteiger partial charge >= 0.3 is 0 Å². The monoisotopic (exact) mass is 196 g/mol. The first-order valence-electron chi connectivity index (χ1n) is 6.11.